The van der Waals surface area contributed by atoms with Crippen LogP contribution in [-0.2, 0) is 9.53 Å². The highest BCUT2D eigenvalue weighted by molar-refractivity contribution is 5.79. The van der Waals surface area contributed by atoms with Gasteiger partial charge in [-0.2, -0.15) is 0 Å². The van der Waals surface area contributed by atoms with Crippen LogP contribution in [0.25, 0.3) is 0 Å². The number of hydrogen-bond donors (Lipinski definition) is 1. The third-order valence-corrected chi connectivity index (χ3v) is 2.18. The summed E-state index contributed by atoms with van der Waals surface area (Å²) in [5.41, 5.74) is 0.930. The maximum Gasteiger partial charge on any atom is 0.282 e. The van der Waals surface area contributed by atoms with Gasteiger partial charge in [-0.1, -0.05) is 30.3 Å². The number of benzene rings is 1. The summed E-state index contributed by atoms with van der Waals surface area (Å²) < 4.78 is 17.6. The standard InChI is InChI=1S/C12H16FNO2/c1-3-16-11(13)12(15)14-9(2)10-7-5-4-6-8-10/h4-9,11H,3H2,1-2H3,(H,14,15). The van der Waals surface area contributed by atoms with E-state index >= 15 is 0 Å². The van der Waals surface area contributed by atoms with Crippen LogP contribution in [0.4, 0.5) is 4.39 Å². The molecule has 0 aliphatic heterocycles. The number of carbonyl (C=O) groups excluding carboxylic acids is 1. The molecule has 0 bridgehead atoms. The molecule has 88 valence electrons. The molecule has 2 unspecified atom stereocenters. The molecule has 1 N–H and O–H groups in total. The Labute approximate surface area is 94.6 Å². The fraction of sp³-hybridized carbons (Fsp3) is 0.417. The summed E-state index contributed by atoms with van der Waals surface area (Å²) in [5, 5.41) is 2.54. The highest BCUT2D eigenvalue weighted by Crippen LogP contribution is 2.11. The number of halogens is 1. The Morgan fingerprint density at radius 2 is 2.06 bits per heavy atom. The number of carbonyl (C=O) groups is 1. The van der Waals surface area contributed by atoms with Crippen molar-refractivity contribution < 1.29 is 13.9 Å². The van der Waals surface area contributed by atoms with Crippen LogP contribution < -0.4 is 5.32 Å². The molecule has 0 heterocycles. The minimum atomic E-state index is -1.89. The second-order valence-electron chi connectivity index (χ2n) is 3.41. The van der Waals surface area contributed by atoms with E-state index in [2.05, 4.69) is 10.1 Å². The van der Waals surface area contributed by atoms with Gasteiger partial charge in [0.25, 0.3) is 12.3 Å². The van der Waals surface area contributed by atoms with Gasteiger partial charge in [0.1, 0.15) is 0 Å². The monoisotopic (exact) mass is 225 g/mol. The Hall–Kier alpha value is -1.42. The van der Waals surface area contributed by atoms with Gasteiger partial charge in [-0.15, -0.1) is 0 Å². The van der Waals surface area contributed by atoms with E-state index in [1.807, 2.05) is 30.3 Å². The SMILES string of the molecule is CCOC(F)C(=O)NC(C)c1ccccc1. The van der Waals surface area contributed by atoms with Crippen LogP contribution in [0, 0.1) is 0 Å². The second-order valence-corrected chi connectivity index (χ2v) is 3.41. The first-order chi connectivity index (χ1) is 7.65. The van der Waals surface area contributed by atoms with Gasteiger partial charge in [-0.05, 0) is 19.4 Å². The van der Waals surface area contributed by atoms with Gasteiger partial charge in [0.05, 0.1) is 6.04 Å². The van der Waals surface area contributed by atoms with Gasteiger partial charge >= 0.3 is 0 Å². The summed E-state index contributed by atoms with van der Waals surface area (Å²) in [6.07, 6.45) is -1.89. The first-order valence-corrected chi connectivity index (χ1v) is 5.26. The number of amides is 1. The van der Waals surface area contributed by atoms with Crippen molar-refractivity contribution in [2.45, 2.75) is 26.2 Å². The molecule has 3 nitrogen and oxygen atoms in total. The highest BCUT2D eigenvalue weighted by atomic mass is 19.1. The zero-order valence-electron chi connectivity index (χ0n) is 9.44. The van der Waals surface area contributed by atoms with Crippen molar-refractivity contribution in [3.8, 4) is 0 Å². The number of alkyl halides is 1. The van der Waals surface area contributed by atoms with Crippen LogP contribution in [-0.4, -0.2) is 18.9 Å². The lowest BCUT2D eigenvalue weighted by atomic mass is 10.1. The van der Waals surface area contributed by atoms with Crippen molar-refractivity contribution in [2.24, 2.45) is 0 Å². The van der Waals surface area contributed by atoms with E-state index in [1.165, 1.54) is 0 Å². The van der Waals surface area contributed by atoms with Gasteiger partial charge in [0.2, 0.25) is 0 Å². The van der Waals surface area contributed by atoms with Crippen molar-refractivity contribution in [3.63, 3.8) is 0 Å². The second kappa shape index (κ2) is 6.23. The van der Waals surface area contributed by atoms with Crippen molar-refractivity contribution >= 4 is 5.91 Å². The van der Waals surface area contributed by atoms with Crippen LogP contribution >= 0.6 is 0 Å². The molecule has 0 saturated heterocycles. The lowest BCUT2D eigenvalue weighted by molar-refractivity contribution is -0.144. The molecule has 2 atom stereocenters. The van der Waals surface area contributed by atoms with E-state index in [-0.39, 0.29) is 12.6 Å². The van der Waals surface area contributed by atoms with Crippen LogP contribution in [0.15, 0.2) is 30.3 Å². The van der Waals surface area contributed by atoms with E-state index in [4.69, 9.17) is 0 Å². The molecule has 0 spiro atoms. The summed E-state index contributed by atoms with van der Waals surface area (Å²) in [4.78, 5) is 11.3. The largest absolute Gasteiger partial charge is 0.345 e. The smallest absolute Gasteiger partial charge is 0.282 e. The lowest BCUT2D eigenvalue weighted by Gasteiger charge is -2.15. The third-order valence-electron chi connectivity index (χ3n) is 2.18. The fourth-order valence-corrected chi connectivity index (χ4v) is 1.33. The number of hydrogen-bond acceptors (Lipinski definition) is 2. The van der Waals surface area contributed by atoms with Crippen LogP contribution in [0.2, 0.25) is 0 Å². The summed E-state index contributed by atoms with van der Waals surface area (Å²) in [7, 11) is 0. The average Bonchev–Trinajstić information content (AvgIpc) is 2.30. The maximum atomic E-state index is 13.0. The van der Waals surface area contributed by atoms with E-state index < -0.39 is 12.3 Å². The minimum Gasteiger partial charge on any atom is -0.345 e. The summed E-state index contributed by atoms with van der Waals surface area (Å²) in [6.45, 7) is 3.61. The number of rotatable bonds is 5. The Morgan fingerprint density at radius 3 is 2.62 bits per heavy atom. The van der Waals surface area contributed by atoms with Gasteiger partial charge in [0.15, 0.2) is 0 Å². The Morgan fingerprint density at radius 1 is 1.44 bits per heavy atom. The Balaban J connectivity index is 2.51. The predicted molar refractivity (Wildman–Crippen MR) is 59.5 cm³/mol. The molecule has 4 heteroatoms. The molecule has 1 amide bonds. The van der Waals surface area contributed by atoms with Gasteiger partial charge < -0.3 is 10.1 Å². The lowest BCUT2D eigenvalue weighted by Crippen LogP contribution is -2.35. The number of nitrogens with one attached hydrogen (secondary N) is 1. The molecule has 0 saturated carbocycles. The fourth-order valence-electron chi connectivity index (χ4n) is 1.33. The molecule has 1 aromatic rings. The molecule has 1 rings (SSSR count). The first-order valence-electron chi connectivity index (χ1n) is 5.26. The van der Waals surface area contributed by atoms with Crippen LogP contribution in [0.3, 0.4) is 0 Å². The summed E-state index contributed by atoms with van der Waals surface area (Å²) >= 11 is 0. The molecule has 0 fully saturated rings. The average molecular weight is 225 g/mol. The minimum absolute atomic E-state index is 0.175. The van der Waals surface area contributed by atoms with Crippen LogP contribution in [0.1, 0.15) is 25.5 Å². The normalized spacial score (nSPS) is 14.2. The van der Waals surface area contributed by atoms with Gasteiger partial charge in [0, 0.05) is 6.61 Å². The van der Waals surface area contributed by atoms with Crippen molar-refractivity contribution in [1.82, 2.24) is 5.32 Å². The Kier molecular flexibility index (Phi) is 4.92. The zero-order valence-corrected chi connectivity index (χ0v) is 9.44. The van der Waals surface area contributed by atoms with E-state index in [0.29, 0.717) is 0 Å². The maximum absolute atomic E-state index is 13.0. The zero-order chi connectivity index (χ0) is 12.0. The molecule has 1 aromatic carbocycles. The quantitative estimate of drug-likeness (QED) is 0.834. The van der Waals surface area contributed by atoms with Crippen LogP contribution in [0.5, 0.6) is 0 Å². The highest BCUT2D eigenvalue weighted by Gasteiger charge is 2.19. The van der Waals surface area contributed by atoms with Crippen molar-refractivity contribution in [3.05, 3.63) is 35.9 Å². The molecule has 0 radical (unpaired) electrons. The van der Waals surface area contributed by atoms with Gasteiger partial charge in [-0.3, -0.25) is 4.79 Å². The molecule has 0 aromatic heterocycles. The molecular weight excluding hydrogens is 209 g/mol. The Bertz CT molecular complexity index is 329. The molecule has 16 heavy (non-hydrogen) atoms. The molecule has 0 aliphatic carbocycles. The van der Waals surface area contributed by atoms with Gasteiger partial charge in [-0.25, -0.2) is 4.39 Å². The van der Waals surface area contributed by atoms with E-state index in [9.17, 15) is 9.18 Å². The first kappa shape index (κ1) is 12.6. The third kappa shape index (κ3) is 3.62. The summed E-state index contributed by atoms with van der Waals surface area (Å²) in [6, 6.07) is 9.14. The predicted octanol–water partition coefficient (Wildman–Crippen LogP) is 2.20. The van der Waals surface area contributed by atoms with Crippen molar-refractivity contribution in [2.75, 3.05) is 6.61 Å². The topological polar surface area (TPSA) is 38.3 Å². The summed E-state index contributed by atoms with van der Waals surface area (Å²) in [5.74, 6) is -0.738. The molecular formula is C12H16FNO2. The van der Waals surface area contributed by atoms with E-state index in [1.54, 1.807) is 13.8 Å². The van der Waals surface area contributed by atoms with Crippen molar-refractivity contribution in [1.29, 1.82) is 0 Å². The molecule has 0 aliphatic rings. The van der Waals surface area contributed by atoms with E-state index in [0.717, 1.165) is 5.56 Å². The number of ether oxygens (including phenoxy) is 1.